The number of nitrogens with zero attached hydrogens (tertiary/aromatic N) is 2. The summed E-state index contributed by atoms with van der Waals surface area (Å²) in [4.78, 5) is 43.4. The third-order valence-corrected chi connectivity index (χ3v) is 5.28. The molecular formula is C22H17N3O3S. The molecule has 7 heteroatoms. The van der Waals surface area contributed by atoms with Crippen LogP contribution in [-0.2, 0) is 6.54 Å². The SMILES string of the molecule is CSc1ccc(NC(=O)c2ccc3c(c2)C(=O)N(Cc2ccccc2)C3=O)cn1. The molecule has 1 aliphatic heterocycles. The molecule has 0 unspecified atom stereocenters. The number of hydrogen-bond donors (Lipinski definition) is 1. The Morgan fingerprint density at radius 3 is 2.45 bits per heavy atom. The lowest BCUT2D eigenvalue weighted by Crippen LogP contribution is -2.29. The number of imide groups is 1. The zero-order valence-electron chi connectivity index (χ0n) is 15.6. The molecule has 4 rings (SSSR count). The normalized spacial score (nSPS) is 12.8. The van der Waals surface area contributed by atoms with Gasteiger partial charge in [-0.1, -0.05) is 30.3 Å². The van der Waals surface area contributed by atoms with E-state index in [4.69, 9.17) is 0 Å². The Kier molecular flexibility index (Phi) is 5.14. The van der Waals surface area contributed by atoms with Gasteiger partial charge in [0.2, 0.25) is 0 Å². The predicted molar refractivity (Wildman–Crippen MR) is 111 cm³/mol. The van der Waals surface area contributed by atoms with Crippen LogP contribution in [0, 0.1) is 0 Å². The zero-order chi connectivity index (χ0) is 20.4. The minimum absolute atomic E-state index is 0.197. The molecule has 3 amide bonds. The summed E-state index contributed by atoms with van der Waals surface area (Å²) in [5.74, 6) is -1.11. The van der Waals surface area contributed by atoms with E-state index < -0.39 is 5.91 Å². The second-order valence-electron chi connectivity index (χ2n) is 6.49. The van der Waals surface area contributed by atoms with Gasteiger partial charge in [0.25, 0.3) is 17.7 Å². The topological polar surface area (TPSA) is 79.4 Å². The molecule has 1 aliphatic rings. The van der Waals surface area contributed by atoms with Crippen molar-refractivity contribution in [2.24, 2.45) is 0 Å². The van der Waals surface area contributed by atoms with E-state index in [0.717, 1.165) is 10.6 Å². The average molecular weight is 403 g/mol. The smallest absolute Gasteiger partial charge is 0.261 e. The monoisotopic (exact) mass is 403 g/mol. The number of carbonyl (C=O) groups is 3. The fourth-order valence-electron chi connectivity index (χ4n) is 3.12. The van der Waals surface area contributed by atoms with Crippen LogP contribution < -0.4 is 5.32 Å². The van der Waals surface area contributed by atoms with Gasteiger partial charge < -0.3 is 5.32 Å². The van der Waals surface area contributed by atoms with Gasteiger partial charge in [0, 0.05) is 5.56 Å². The standard InChI is InChI=1S/C22H17N3O3S/c1-29-19-10-8-16(12-23-19)24-20(26)15-7-9-17-18(11-15)22(28)25(21(17)27)13-14-5-3-2-4-6-14/h2-12H,13H2,1H3,(H,24,26). The van der Waals surface area contributed by atoms with E-state index in [2.05, 4.69) is 10.3 Å². The van der Waals surface area contributed by atoms with Gasteiger partial charge in [0.1, 0.15) is 0 Å². The molecule has 0 saturated heterocycles. The van der Waals surface area contributed by atoms with Gasteiger partial charge >= 0.3 is 0 Å². The molecule has 144 valence electrons. The molecule has 3 aromatic rings. The van der Waals surface area contributed by atoms with Crippen molar-refractivity contribution in [3.05, 3.63) is 89.1 Å². The molecule has 0 spiro atoms. The Balaban J connectivity index is 1.54. The quantitative estimate of drug-likeness (QED) is 0.517. The fraction of sp³-hybridized carbons (Fsp3) is 0.0909. The van der Waals surface area contributed by atoms with Gasteiger partial charge in [-0.15, -0.1) is 11.8 Å². The van der Waals surface area contributed by atoms with Crippen molar-refractivity contribution in [1.82, 2.24) is 9.88 Å². The number of benzene rings is 2. The van der Waals surface area contributed by atoms with Crippen molar-refractivity contribution in [3.63, 3.8) is 0 Å². The first-order valence-electron chi connectivity index (χ1n) is 8.92. The summed E-state index contributed by atoms with van der Waals surface area (Å²) in [5, 5.41) is 3.61. The van der Waals surface area contributed by atoms with Crippen LogP contribution in [0.3, 0.4) is 0 Å². The third kappa shape index (κ3) is 3.77. The van der Waals surface area contributed by atoms with E-state index in [-0.39, 0.29) is 23.9 Å². The lowest BCUT2D eigenvalue weighted by molar-refractivity contribution is 0.0642. The number of carbonyl (C=O) groups excluding carboxylic acids is 3. The molecule has 0 radical (unpaired) electrons. The maximum atomic E-state index is 12.8. The van der Waals surface area contributed by atoms with Crippen molar-refractivity contribution in [2.45, 2.75) is 11.6 Å². The number of hydrogen-bond acceptors (Lipinski definition) is 5. The molecule has 0 saturated carbocycles. The second kappa shape index (κ2) is 7.89. The number of amides is 3. The first-order chi connectivity index (χ1) is 14.1. The highest BCUT2D eigenvalue weighted by Crippen LogP contribution is 2.26. The molecule has 1 aromatic heterocycles. The molecule has 1 N–H and O–H groups in total. The van der Waals surface area contributed by atoms with Crippen LogP contribution >= 0.6 is 11.8 Å². The van der Waals surface area contributed by atoms with Crippen LogP contribution in [-0.4, -0.2) is 33.9 Å². The van der Waals surface area contributed by atoms with Crippen LogP contribution in [0.1, 0.15) is 36.6 Å². The first-order valence-corrected chi connectivity index (χ1v) is 10.1. The Hall–Kier alpha value is -3.45. The van der Waals surface area contributed by atoms with Gasteiger partial charge in [0.15, 0.2) is 0 Å². The van der Waals surface area contributed by atoms with E-state index in [0.29, 0.717) is 16.8 Å². The number of pyridine rings is 1. The summed E-state index contributed by atoms with van der Waals surface area (Å²) in [6, 6.07) is 17.4. The number of aromatic nitrogens is 1. The molecule has 0 aliphatic carbocycles. The summed E-state index contributed by atoms with van der Waals surface area (Å²) < 4.78 is 0. The maximum absolute atomic E-state index is 12.8. The molecule has 0 bridgehead atoms. The molecule has 6 nitrogen and oxygen atoms in total. The van der Waals surface area contributed by atoms with E-state index in [9.17, 15) is 14.4 Å². The number of thioether (sulfide) groups is 1. The van der Waals surface area contributed by atoms with Crippen molar-refractivity contribution >= 4 is 35.2 Å². The van der Waals surface area contributed by atoms with Crippen LogP contribution in [0.4, 0.5) is 5.69 Å². The van der Waals surface area contributed by atoms with Gasteiger partial charge in [0.05, 0.1) is 34.6 Å². The minimum atomic E-state index is -0.394. The Labute approximate surface area is 172 Å². The van der Waals surface area contributed by atoms with Crippen molar-refractivity contribution < 1.29 is 14.4 Å². The van der Waals surface area contributed by atoms with Crippen LogP contribution in [0.5, 0.6) is 0 Å². The molecule has 29 heavy (non-hydrogen) atoms. The van der Waals surface area contributed by atoms with E-state index >= 15 is 0 Å². The lowest BCUT2D eigenvalue weighted by Gasteiger charge is -2.13. The largest absolute Gasteiger partial charge is 0.321 e. The Morgan fingerprint density at radius 1 is 1.00 bits per heavy atom. The second-order valence-corrected chi connectivity index (χ2v) is 7.31. The minimum Gasteiger partial charge on any atom is -0.321 e. The fourth-order valence-corrected chi connectivity index (χ4v) is 3.48. The molecular weight excluding hydrogens is 386 g/mol. The summed E-state index contributed by atoms with van der Waals surface area (Å²) in [7, 11) is 0. The van der Waals surface area contributed by atoms with Gasteiger partial charge in [-0.2, -0.15) is 0 Å². The molecule has 0 fully saturated rings. The van der Waals surface area contributed by atoms with Crippen LogP contribution in [0.2, 0.25) is 0 Å². The first kappa shape index (κ1) is 18.9. The average Bonchev–Trinajstić information content (AvgIpc) is 2.99. The predicted octanol–water partition coefficient (Wildman–Crippen LogP) is 3.85. The third-order valence-electron chi connectivity index (χ3n) is 4.62. The van der Waals surface area contributed by atoms with Crippen molar-refractivity contribution in [3.8, 4) is 0 Å². The highest BCUT2D eigenvalue weighted by molar-refractivity contribution is 7.98. The van der Waals surface area contributed by atoms with Crippen LogP contribution in [0.15, 0.2) is 71.9 Å². The van der Waals surface area contributed by atoms with E-state index in [1.807, 2.05) is 42.7 Å². The van der Waals surface area contributed by atoms with Crippen molar-refractivity contribution in [2.75, 3.05) is 11.6 Å². The summed E-state index contributed by atoms with van der Waals surface area (Å²) in [6.45, 7) is 0.197. The van der Waals surface area contributed by atoms with Gasteiger partial charge in [-0.3, -0.25) is 19.3 Å². The molecule has 2 heterocycles. The molecule has 2 aromatic carbocycles. The number of anilines is 1. The van der Waals surface area contributed by atoms with Crippen LogP contribution in [0.25, 0.3) is 0 Å². The molecule has 0 atom stereocenters. The highest BCUT2D eigenvalue weighted by Gasteiger charge is 2.36. The van der Waals surface area contributed by atoms with Crippen molar-refractivity contribution in [1.29, 1.82) is 0 Å². The van der Waals surface area contributed by atoms with Gasteiger partial charge in [-0.05, 0) is 42.2 Å². The highest BCUT2D eigenvalue weighted by atomic mass is 32.2. The zero-order valence-corrected chi connectivity index (χ0v) is 16.4. The lowest BCUT2D eigenvalue weighted by atomic mass is 10.1. The van der Waals surface area contributed by atoms with E-state index in [1.165, 1.54) is 28.8 Å². The summed E-state index contributed by atoms with van der Waals surface area (Å²) in [5.41, 5.74) is 2.28. The summed E-state index contributed by atoms with van der Waals surface area (Å²) >= 11 is 1.51. The maximum Gasteiger partial charge on any atom is 0.261 e. The Morgan fingerprint density at radius 2 is 1.76 bits per heavy atom. The Bertz CT molecular complexity index is 1100. The number of rotatable bonds is 5. The van der Waals surface area contributed by atoms with Gasteiger partial charge in [-0.25, -0.2) is 4.98 Å². The summed E-state index contributed by atoms with van der Waals surface area (Å²) in [6.07, 6.45) is 3.50. The number of nitrogens with one attached hydrogen (secondary N) is 1. The van der Waals surface area contributed by atoms with E-state index in [1.54, 1.807) is 18.3 Å². The number of fused-ring (bicyclic) bond motifs is 1.